The second-order valence-corrected chi connectivity index (χ2v) is 6.97. The first-order chi connectivity index (χ1) is 8.06. The predicted molar refractivity (Wildman–Crippen MR) is 61.8 cm³/mol. The zero-order chi connectivity index (χ0) is 12.5. The molecule has 0 bridgehead atoms. The fourth-order valence-corrected chi connectivity index (χ4v) is 4.44. The Bertz CT molecular complexity index is 452. The molecular formula is C11H16N2O3S. The first-order valence-electron chi connectivity index (χ1n) is 5.98. The van der Waals surface area contributed by atoms with Crippen LogP contribution in [0.5, 0.6) is 0 Å². The normalized spacial score (nSPS) is 32.1. The van der Waals surface area contributed by atoms with E-state index in [1.54, 1.807) is 0 Å². The molecule has 17 heavy (non-hydrogen) atoms. The number of amides is 1. The van der Waals surface area contributed by atoms with E-state index in [1.165, 1.54) is 4.90 Å². The molecule has 2 unspecified atom stereocenters. The number of hydrogen-bond donors (Lipinski definition) is 0. The van der Waals surface area contributed by atoms with Crippen molar-refractivity contribution >= 4 is 15.7 Å². The van der Waals surface area contributed by atoms with E-state index in [2.05, 4.69) is 6.07 Å². The van der Waals surface area contributed by atoms with Crippen LogP contribution in [0, 0.1) is 11.3 Å². The van der Waals surface area contributed by atoms with Gasteiger partial charge in [0.25, 0.3) is 0 Å². The quantitative estimate of drug-likeness (QED) is 0.683. The molecule has 0 saturated carbocycles. The maximum Gasteiger partial charge on any atom is 0.241 e. The number of nitriles is 1. The summed E-state index contributed by atoms with van der Waals surface area (Å²) in [5, 5.41) is 8.02. The third-order valence-corrected chi connectivity index (χ3v) is 5.70. The summed E-state index contributed by atoms with van der Waals surface area (Å²) < 4.78 is 23.7. The zero-order valence-electron chi connectivity index (χ0n) is 9.63. The molecule has 2 fully saturated rings. The Hall–Kier alpha value is -1.09. The number of rotatable bonds is 1. The van der Waals surface area contributed by atoms with E-state index in [0.29, 0.717) is 25.8 Å². The van der Waals surface area contributed by atoms with Crippen molar-refractivity contribution in [3.8, 4) is 6.07 Å². The summed E-state index contributed by atoms with van der Waals surface area (Å²) in [5.41, 5.74) is 0. The minimum Gasteiger partial charge on any atom is -0.326 e. The predicted octanol–water partition coefficient (Wildman–Crippen LogP) is 0.468. The minimum atomic E-state index is -3.29. The van der Waals surface area contributed by atoms with E-state index >= 15 is 0 Å². The third kappa shape index (κ3) is 2.29. The van der Waals surface area contributed by atoms with E-state index in [-0.39, 0.29) is 11.7 Å². The summed E-state index contributed by atoms with van der Waals surface area (Å²) in [6, 6.07) is 1.64. The van der Waals surface area contributed by atoms with E-state index in [0.717, 1.165) is 12.8 Å². The van der Waals surface area contributed by atoms with Crippen molar-refractivity contribution in [2.24, 2.45) is 0 Å². The van der Waals surface area contributed by atoms with Gasteiger partial charge in [0.15, 0.2) is 9.84 Å². The second-order valence-electron chi connectivity index (χ2n) is 4.67. The smallest absolute Gasteiger partial charge is 0.241 e. The largest absolute Gasteiger partial charge is 0.326 e. The molecule has 94 valence electrons. The molecule has 6 heteroatoms. The van der Waals surface area contributed by atoms with Gasteiger partial charge in [-0.2, -0.15) is 5.26 Å². The Labute approximate surface area is 101 Å². The molecule has 2 atom stereocenters. The Morgan fingerprint density at radius 3 is 2.65 bits per heavy atom. The average molecular weight is 256 g/mol. The maximum absolute atomic E-state index is 12.2. The molecule has 0 aromatic rings. The van der Waals surface area contributed by atoms with Crippen LogP contribution in [0.3, 0.4) is 0 Å². The van der Waals surface area contributed by atoms with Gasteiger partial charge in [0, 0.05) is 6.54 Å². The number of carbonyl (C=O) groups is 1. The molecule has 2 heterocycles. The van der Waals surface area contributed by atoms with Crippen LogP contribution in [0.2, 0.25) is 0 Å². The number of sulfone groups is 1. The second kappa shape index (κ2) is 4.65. The van der Waals surface area contributed by atoms with Gasteiger partial charge in [-0.05, 0) is 25.7 Å². The highest BCUT2D eigenvalue weighted by Crippen LogP contribution is 2.25. The first kappa shape index (κ1) is 12.4. The summed E-state index contributed by atoms with van der Waals surface area (Å²) in [4.78, 5) is 13.6. The van der Waals surface area contributed by atoms with E-state index in [1.807, 2.05) is 0 Å². The van der Waals surface area contributed by atoms with Gasteiger partial charge in [-0.1, -0.05) is 6.42 Å². The van der Waals surface area contributed by atoms with Gasteiger partial charge in [0.1, 0.15) is 11.3 Å². The standard InChI is InChI=1S/C11H16N2O3S/c12-8-9-4-3-6-13(9)11(14)10-5-1-2-7-17(10,15)16/h9-10H,1-7H2. The van der Waals surface area contributed by atoms with Crippen molar-refractivity contribution in [2.45, 2.75) is 43.4 Å². The SMILES string of the molecule is N#CC1CCCN1C(=O)C1CCCCS1(=O)=O. The fraction of sp³-hybridized carbons (Fsp3) is 0.818. The molecule has 0 aromatic carbocycles. The highest BCUT2D eigenvalue weighted by Gasteiger charge is 2.40. The zero-order valence-corrected chi connectivity index (χ0v) is 10.4. The van der Waals surface area contributed by atoms with Crippen molar-refractivity contribution < 1.29 is 13.2 Å². The van der Waals surface area contributed by atoms with Crippen LogP contribution in [-0.2, 0) is 14.6 Å². The average Bonchev–Trinajstić information content (AvgIpc) is 2.75. The molecule has 2 saturated heterocycles. The lowest BCUT2D eigenvalue weighted by Gasteiger charge is -2.27. The Morgan fingerprint density at radius 1 is 1.24 bits per heavy atom. The molecule has 0 aliphatic carbocycles. The number of hydrogen-bond acceptors (Lipinski definition) is 4. The van der Waals surface area contributed by atoms with Crippen LogP contribution >= 0.6 is 0 Å². The van der Waals surface area contributed by atoms with Gasteiger partial charge in [-0.3, -0.25) is 4.79 Å². The topological polar surface area (TPSA) is 78.2 Å². The Morgan fingerprint density at radius 2 is 2.00 bits per heavy atom. The third-order valence-electron chi connectivity index (χ3n) is 3.54. The van der Waals surface area contributed by atoms with Crippen LogP contribution < -0.4 is 0 Å². The monoisotopic (exact) mass is 256 g/mol. The molecule has 2 aliphatic heterocycles. The summed E-state index contributed by atoms with van der Waals surface area (Å²) in [7, 11) is -3.29. The highest BCUT2D eigenvalue weighted by atomic mass is 32.2. The van der Waals surface area contributed by atoms with Crippen LogP contribution in [0.25, 0.3) is 0 Å². The number of carbonyl (C=O) groups excluding carboxylic acids is 1. The van der Waals surface area contributed by atoms with Crippen molar-refractivity contribution in [1.82, 2.24) is 4.90 Å². The molecular weight excluding hydrogens is 240 g/mol. The van der Waals surface area contributed by atoms with Gasteiger partial charge in [-0.15, -0.1) is 0 Å². The van der Waals surface area contributed by atoms with Gasteiger partial charge in [-0.25, -0.2) is 8.42 Å². The molecule has 0 radical (unpaired) electrons. The number of likely N-dealkylation sites (tertiary alicyclic amines) is 1. The summed E-state index contributed by atoms with van der Waals surface area (Å²) in [5.74, 6) is -0.247. The lowest BCUT2D eigenvalue weighted by atomic mass is 10.1. The lowest BCUT2D eigenvalue weighted by molar-refractivity contribution is -0.130. The van der Waals surface area contributed by atoms with Crippen molar-refractivity contribution in [2.75, 3.05) is 12.3 Å². The van der Waals surface area contributed by atoms with Gasteiger partial charge in [0.05, 0.1) is 11.8 Å². The molecule has 2 aliphatic rings. The van der Waals surface area contributed by atoms with Crippen LogP contribution in [-0.4, -0.2) is 42.8 Å². The maximum atomic E-state index is 12.2. The molecule has 0 N–H and O–H groups in total. The number of nitrogens with zero attached hydrogens (tertiary/aromatic N) is 2. The van der Waals surface area contributed by atoms with E-state index < -0.39 is 21.1 Å². The van der Waals surface area contributed by atoms with Crippen molar-refractivity contribution in [3.63, 3.8) is 0 Å². The van der Waals surface area contributed by atoms with Crippen LogP contribution in [0.1, 0.15) is 32.1 Å². The molecule has 0 aromatic heterocycles. The summed E-state index contributed by atoms with van der Waals surface area (Å²) in [6.45, 7) is 0.517. The van der Waals surface area contributed by atoms with Crippen LogP contribution in [0.15, 0.2) is 0 Å². The fourth-order valence-electron chi connectivity index (χ4n) is 2.58. The van der Waals surface area contributed by atoms with Crippen molar-refractivity contribution in [1.29, 1.82) is 5.26 Å². The molecule has 1 amide bonds. The highest BCUT2D eigenvalue weighted by molar-refractivity contribution is 7.92. The molecule has 5 nitrogen and oxygen atoms in total. The van der Waals surface area contributed by atoms with E-state index in [4.69, 9.17) is 5.26 Å². The van der Waals surface area contributed by atoms with Crippen molar-refractivity contribution in [3.05, 3.63) is 0 Å². The summed E-state index contributed by atoms with van der Waals surface area (Å²) in [6.07, 6.45) is 3.29. The van der Waals surface area contributed by atoms with Crippen LogP contribution in [0.4, 0.5) is 0 Å². The molecule has 0 spiro atoms. The molecule has 2 rings (SSSR count). The Balaban J connectivity index is 2.17. The minimum absolute atomic E-state index is 0.106. The van der Waals surface area contributed by atoms with Gasteiger partial charge >= 0.3 is 0 Å². The lowest BCUT2D eigenvalue weighted by Crippen LogP contribution is -2.46. The van der Waals surface area contributed by atoms with Gasteiger partial charge in [0.2, 0.25) is 5.91 Å². The van der Waals surface area contributed by atoms with Gasteiger partial charge < -0.3 is 4.90 Å². The first-order valence-corrected chi connectivity index (χ1v) is 7.69. The Kier molecular flexibility index (Phi) is 3.38. The van der Waals surface area contributed by atoms with E-state index in [9.17, 15) is 13.2 Å². The summed E-state index contributed by atoms with van der Waals surface area (Å²) >= 11 is 0.